The van der Waals surface area contributed by atoms with Crippen LogP contribution in [0.1, 0.15) is 30.0 Å². The maximum Gasteiger partial charge on any atom is 0.136 e. The van der Waals surface area contributed by atoms with Crippen molar-refractivity contribution in [3.8, 4) is 22.4 Å². The van der Waals surface area contributed by atoms with Crippen molar-refractivity contribution in [2.45, 2.75) is 25.3 Å². The Kier molecular flexibility index (Phi) is 4.78. The zero-order valence-corrected chi connectivity index (χ0v) is 17.6. The molecule has 0 atom stereocenters. The van der Waals surface area contributed by atoms with Gasteiger partial charge in [-0.15, -0.1) is 0 Å². The Morgan fingerprint density at radius 3 is 2.71 bits per heavy atom. The molecule has 6 rings (SSSR count). The fourth-order valence-electron chi connectivity index (χ4n) is 4.52. The Morgan fingerprint density at radius 2 is 1.84 bits per heavy atom. The fourth-order valence-corrected chi connectivity index (χ4v) is 4.52. The van der Waals surface area contributed by atoms with Crippen molar-refractivity contribution in [2.24, 2.45) is 0 Å². The number of imidazole rings is 1. The molecule has 0 radical (unpaired) electrons. The monoisotopic (exact) mass is 410 g/mol. The predicted molar refractivity (Wildman–Crippen MR) is 122 cm³/mol. The SMILES string of the molecule is c1cc(-c2ncccc2-c2ccc3ncc(CN4CCOCC4)n3c2)cc(C2CC2)c1. The van der Waals surface area contributed by atoms with Crippen LogP contribution in [0.5, 0.6) is 0 Å². The number of nitrogens with zero attached hydrogens (tertiary/aromatic N) is 4. The molecular weight excluding hydrogens is 384 g/mol. The maximum absolute atomic E-state index is 5.49. The summed E-state index contributed by atoms with van der Waals surface area (Å²) in [5, 5.41) is 0. The summed E-state index contributed by atoms with van der Waals surface area (Å²) in [5.41, 5.74) is 8.18. The molecule has 0 spiro atoms. The van der Waals surface area contributed by atoms with Crippen LogP contribution in [0.4, 0.5) is 0 Å². The van der Waals surface area contributed by atoms with Crippen molar-refractivity contribution in [3.05, 3.63) is 78.4 Å². The van der Waals surface area contributed by atoms with Gasteiger partial charge < -0.3 is 9.14 Å². The summed E-state index contributed by atoms with van der Waals surface area (Å²) >= 11 is 0. The van der Waals surface area contributed by atoms with Crippen LogP contribution in [0.15, 0.2) is 67.1 Å². The van der Waals surface area contributed by atoms with Crippen LogP contribution in [-0.4, -0.2) is 45.6 Å². The average Bonchev–Trinajstić information content (AvgIpc) is 3.62. The van der Waals surface area contributed by atoms with Crippen molar-refractivity contribution < 1.29 is 4.74 Å². The first-order chi connectivity index (χ1) is 15.3. The molecule has 5 nitrogen and oxygen atoms in total. The average molecular weight is 411 g/mol. The van der Waals surface area contributed by atoms with E-state index in [0.29, 0.717) is 0 Å². The number of aromatic nitrogens is 3. The molecule has 1 saturated carbocycles. The van der Waals surface area contributed by atoms with Gasteiger partial charge in [-0.2, -0.15) is 0 Å². The summed E-state index contributed by atoms with van der Waals surface area (Å²) in [7, 11) is 0. The van der Waals surface area contributed by atoms with Gasteiger partial charge in [0.2, 0.25) is 0 Å². The Balaban J connectivity index is 1.38. The number of rotatable bonds is 5. The van der Waals surface area contributed by atoms with Gasteiger partial charge in [0, 0.05) is 48.7 Å². The van der Waals surface area contributed by atoms with E-state index in [2.05, 4.69) is 62.9 Å². The minimum absolute atomic E-state index is 0.733. The molecule has 4 aromatic rings. The fraction of sp³-hybridized carbons (Fsp3) is 0.308. The summed E-state index contributed by atoms with van der Waals surface area (Å²) in [6.07, 6.45) is 8.72. The van der Waals surface area contributed by atoms with Crippen molar-refractivity contribution in [1.29, 1.82) is 0 Å². The van der Waals surface area contributed by atoms with Gasteiger partial charge in [-0.05, 0) is 48.6 Å². The van der Waals surface area contributed by atoms with Crippen molar-refractivity contribution in [3.63, 3.8) is 0 Å². The van der Waals surface area contributed by atoms with Gasteiger partial charge >= 0.3 is 0 Å². The van der Waals surface area contributed by atoms with Crippen LogP contribution >= 0.6 is 0 Å². The van der Waals surface area contributed by atoms with Crippen LogP contribution in [0, 0.1) is 0 Å². The van der Waals surface area contributed by atoms with Gasteiger partial charge in [0.05, 0.1) is 30.8 Å². The third-order valence-electron chi connectivity index (χ3n) is 6.40. The van der Waals surface area contributed by atoms with Crippen LogP contribution in [-0.2, 0) is 11.3 Å². The molecule has 2 aliphatic rings. The van der Waals surface area contributed by atoms with Gasteiger partial charge in [0.25, 0.3) is 0 Å². The van der Waals surface area contributed by atoms with E-state index in [1.54, 1.807) is 0 Å². The molecule has 4 heterocycles. The molecule has 2 fully saturated rings. The van der Waals surface area contributed by atoms with Gasteiger partial charge in [-0.3, -0.25) is 9.88 Å². The molecule has 156 valence electrons. The summed E-state index contributed by atoms with van der Waals surface area (Å²) in [6, 6.07) is 17.4. The predicted octanol–water partition coefficient (Wildman–Crippen LogP) is 4.77. The molecule has 31 heavy (non-hydrogen) atoms. The lowest BCUT2D eigenvalue weighted by atomic mass is 9.98. The molecule has 1 aliphatic carbocycles. The number of pyridine rings is 2. The molecule has 0 unspecified atom stereocenters. The number of fused-ring (bicyclic) bond motifs is 1. The summed E-state index contributed by atoms with van der Waals surface area (Å²) < 4.78 is 7.72. The zero-order chi connectivity index (χ0) is 20.6. The topological polar surface area (TPSA) is 42.7 Å². The second-order valence-corrected chi connectivity index (χ2v) is 8.58. The van der Waals surface area contributed by atoms with E-state index in [9.17, 15) is 0 Å². The molecule has 0 bridgehead atoms. The molecule has 0 amide bonds. The van der Waals surface area contributed by atoms with E-state index in [4.69, 9.17) is 9.72 Å². The second-order valence-electron chi connectivity index (χ2n) is 8.58. The Hall–Kier alpha value is -3.02. The molecule has 5 heteroatoms. The van der Waals surface area contributed by atoms with Crippen LogP contribution in [0.2, 0.25) is 0 Å². The standard InChI is InChI=1S/C26H26N4O/c1-3-20(19-6-7-19)15-21(4-1)26-24(5-2-10-27-26)22-8-9-25-28-16-23(30(25)17-22)18-29-11-13-31-14-12-29/h1-5,8-10,15-17,19H,6-7,11-14,18H2. The molecule has 1 saturated heterocycles. The third-order valence-corrected chi connectivity index (χ3v) is 6.40. The third kappa shape index (κ3) is 3.75. The summed E-state index contributed by atoms with van der Waals surface area (Å²) in [5.74, 6) is 0.733. The first-order valence-electron chi connectivity index (χ1n) is 11.2. The molecule has 1 aliphatic heterocycles. The van der Waals surface area contributed by atoms with E-state index in [1.165, 1.54) is 29.7 Å². The van der Waals surface area contributed by atoms with Gasteiger partial charge in [-0.1, -0.05) is 24.3 Å². The van der Waals surface area contributed by atoms with E-state index < -0.39 is 0 Å². The normalized spacial score (nSPS) is 17.3. The van der Waals surface area contributed by atoms with E-state index in [-0.39, 0.29) is 0 Å². The molecule has 3 aromatic heterocycles. The summed E-state index contributed by atoms with van der Waals surface area (Å²) in [6.45, 7) is 4.44. The first-order valence-corrected chi connectivity index (χ1v) is 11.2. The highest BCUT2D eigenvalue weighted by molar-refractivity contribution is 5.81. The highest BCUT2D eigenvalue weighted by atomic mass is 16.5. The number of ether oxygens (including phenoxy) is 1. The van der Waals surface area contributed by atoms with Crippen LogP contribution < -0.4 is 0 Å². The highest BCUT2D eigenvalue weighted by Crippen LogP contribution is 2.41. The quantitative estimate of drug-likeness (QED) is 0.475. The maximum atomic E-state index is 5.49. The number of hydrogen-bond donors (Lipinski definition) is 0. The Bertz CT molecular complexity index is 1220. The lowest BCUT2D eigenvalue weighted by molar-refractivity contribution is 0.0335. The minimum Gasteiger partial charge on any atom is -0.379 e. The van der Waals surface area contributed by atoms with Crippen molar-refractivity contribution in [2.75, 3.05) is 26.3 Å². The van der Waals surface area contributed by atoms with E-state index >= 15 is 0 Å². The Morgan fingerprint density at radius 1 is 0.935 bits per heavy atom. The van der Waals surface area contributed by atoms with Crippen LogP contribution in [0.3, 0.4) is 0 Å². The van der Waals surface area contributed by atoms with Crippen LogP contribution in [0.25, 0.3) is 28.0 Å². The molecular formula is C26H26N4O. The largest absolute Gasteiger partial charge is 0.379 e. The van der Waals surface area contributed by atoms with Gasteiger partial charge in [0.15, 0.2) is 0 Å². The molecule has 0 N–H and O–H groups in total. The number of benzene rings is 1. The van der Waals surface area contributed by atoms with Gasteiger partial charge in [-0.25, -0.2) is 4.98 Å². The Labute approximate surface area is 182 Å². The van der Waals surface area contributed by atoms with Crippen molar-refractivity contribution in [1.82, 2.24) is 19.3 Å². The second kappa shape index (κ2) is 7.91. The smallest absolute Gasteiger partial charge is 0.136 e. The number of hydrogen-bond acceptors (Lipinski definition) is 4. The first kappa shape index (κ1) is 18.7. The highest BCUT2D eigenvalue weighted by Gasteiger charge is 2.24. The lowest BCUT2D eigenvalue weighted by Crippen LogP contribution is -2.35. The van der Waals surface area contributed by atoms with E-state index in [0.717, 1.165) is 61.2 Å². The summed E-state index contributed by atoms with van der Waals surface area (Å²) in [4.78, 5) is 11.8. The van der Waals surface area contributed by atoms with Gasteiger partial charge in [0.1, 0.15) is 5.65 Å². The zero-order valence-electron chi connectivity index (χ0n) is 17.6. The van der Waals surface area contributed by atoms with E-state index in [1.807, 2.05) is 18.5 Å². The number of morpholine rings is 1. The van der Waals surface area contributed by atoms with Crippen molar-refractivity contribution >= 4 is 5.65 Å². The molecule has 1 aromatic carbocycles. The minimum atomic E-state index is 0.733. The lowest BCUT2D eigenvalue weighted by Gasteiger charge is -2.26.